The van der Waals surface area contributed by atoms with Crippen LogP contribution in [0.5, 0.6) is 0 Å². The lowest BCUT2D eigenvalue weighted by Crippen LogP contribution is -2.10. The van der Waals surface area contributed by atoms with Gasteiger partial charge in [-0.05, 0) is 98.7 Å². The molecule has 3 heteroatoms. The highest BCUT2D eigenvalue weighted by Gasteiger charge is 2.22. The SMILES string of the molecule is c1ccc(-n2c3ccccc3c3c(-c4ccc(N(c5ccc6ccc7ccccc7c6c5)c5cccc6c5oc5c7ccccc7ccc65)cc4)cccc32)cc1. The van der Waals surface area contributed by atoms with Gasteiger partial charge in [0.05, 0.1) is 16.7 Å². The molecule has 57 heavy (non-hydrogen) atoms. The van der Waals surface area contributed by atoms with Crippen molar-refractivity contribution < 1.29 is 4.42 Å². The zero-order valence-corrected chi connectivity index (χ0v) is 30.9. The van der Waals surface area contributed by atoms with E-state index >= 15 is 0 Å². The number of aromatic nitrogens is 1. The van der Waals surface area contributed by atoms with Crippen molar-refractivity contribution in [2.75, 3.05) is 4.90 Å². The van der Waals surface area contributed by atoms with Crippen LogP contribution in [-0.4, -0.2) is 4.57 Å². The Kier molecular flexibility index (Phi) is 6.93. The van der Waals surface area contributed by atoms with Gasteiger partial charge in [0.1, 0.15) is 5.58 Å². The highest BCUT2D eigenvalue weighted by Crippen LogP contribution is 2.45. The molecule has 0 aliphatic heterocycles. The highest BCUT2D eigenvalue weighted by molar-refractivity contribution is 6.18. The van der Waals surface area contributed by atoms with Crippen LogP contribution in [0.1, 0.15) is 0 Å². The van der Waals surface area contributed by atoms with Gasteiger partial charge in [0.25, 0.3) is 0 Å². The average molecular weight is 727 g/mol. The summed E-state index contributed by atoms with van der Waals surface area (Å²) >= 11 is 0. The minimum atomic E-state index is 0.865. The molecule has 2 heterocycles. The number of hydrogen-bond donors (Lipinski definition) is 0. The van der Waals surface area contributed by atoms with Crippen molar-refractivity contribution in [2.45, 2.75) is 0 Å². The Bertz CT molecular complexity index is 3520. The molecule has 0 saturated heterocycles. The summed E-state index contributed by atoms with van der Waals surface area (Å²) in [6, 6.07) is 74.4. The third kappa shape index (κ3) is 4.86. The fourth-order valence-electron chi connectivity index (χ4n) is 9.15. The molecule has 0 radical (unpaired) electrons. The number of hydrogen-bond acceptors (Lipinski definition) is 2. The van der Waals surface area contributed by atoms with E-state index in [2.05, 4.69) is 216 Å². The molecule has 0 aliphatic rings. The smallest absolute Gasteiger partial charge is 0.159 e. The van der Waals surface area contributed by atoms with Crippen molar-refractivity contribution in [1.82, 2.24) is 4.57 Å². The van der Waals surface area contributed by atoms with Crippen LogP contribution in [-0.2, 0) is 0 Å². The van der Waals surface area contributed by atoms with E-state index in [4.69, 9.17) is 4.42 Å². The molecule has 0 aliphatic carbocycles. The molecule has 0 spiro atoms. The quantitative estimate of drug-likeness (QED) is 0.165. The monoisotopic (exact) mass is 726 g/mol. The Morgan fingerprint density at radius 1 is 0.368 bits per heavy atom. The fourth-order valence-corrected chi connectivity index (χ4v) is 9.15. The van der Waals surface area contributed by atoms with Gasteiger partial charge < -0.3 is 13.9 Å². The molecular formula is C54H34N2O. The topological polar surface area (TPSA) is 21.3 Å². The van der Waals surface area contributed by atoms with Gasteiger partial charge in [-0.1, -0.05) is 146 Å². The van der Waals surface area contributed by atoms with Crippen LogP contribution in [0.3, 0.4) is 0 Å². The van der Waals surface area contributed by atoms with Gasteiger partial charge in [-0.25, -0.2) is 0 Å². The van der Waals surface area contributed by atoms with Gasteiger partial charge in [0.2, 0.25) is 0 Å². The molecule has 12 aromatic rings. The molecular weight excluding hydrogens is 693 g/mol. The van der Waals surface area contributed by atoms with Crippen LogP contribution >= 0.6 is 0 Å². The minimum Gasteiger partial charge on any atom is -0.453 e. The molecule has 0 fully saturated rings. The van der Waals surface area contributed by atoms with Crippen molar-refractivity contribution in [1.29, 1.82) is 0 Å². The average Bonchev–Trinajstić information content (AvgIpc) is 3.84. The molecule has 0 N–H and O–H groups in total. The second-order valence-corrected chi connectivity index (χ2v) is 14.9. The van der Waals surface area contributed by atoms with E-state index < -0.39 is 0 Å². The van der Waals surface area contributed by atoms with E-state index in [0.29, 0.717) is 0 Å². The van der Waals surface area contributed by atoms with Gasteiger partial charge in [0.15, 0.2) is 5.58 Å². The number of para-hydroxylation sites is 3. The highest BCUT2D eigenvalue weighted by atomic mass is 16.3. The second kappa shape index (κ2) is 12.5. The number of benzene rings is 10. The fraction of sp³-hybridized carbons (Fsp3) is 0. The van der Waals surface area contributed by atoms with E-state index in [1.807, 2.05) is 0 Å². The van der Waals surface area contributed by atoms with E-state index in [1.54, 1.807) is 0 Å². The van der Waals surface area contributed by atoms with E-state index in [1.165, 1.54) is 54.3 Å². The zero-order chi connectivity index (χ0) is 37.5. The Morgan fingerprint density at radius 3 is 1.81 bits per heavy atom. The molecule has 10 aromatic carbocycles. The maximum absolute atomic E-state index is 6.96. The van der Waals surface area contributed by atoms with Gasteiger partial charge in [-0.3, -0.25) is 0 Å². The van der Waals surface area contributed by atoms with Crippen LogP contribution < -0.4 is 4.90 Å². The lowest BCUT2D eigenvalue weighted by Gasteiger charge is -2.26. The largest absolute Gasteiger partial charge is 0.453 e. The summed E-state index contributed by atoms with van der Waals surface area (Å²) in [4.78, 5) is 2.36. The van der Waals surface area contributed by atoms with Crippen LogP contribution in [0.2, 0.25) is 0 Å². The number of nitrogens with zero attached hydrogens (tertiary/aromatic N) is 2. The molecule has 0 saturated carbocycles. The van der Waals surface area contributed by atoms with Gasteiger partial charge >= 0.3 is 0 Å². The summed E-state index contributed by atoms with van der Waals surface area (Å²) in [5.74, 6) is 0. The molecule has 2 aromatic heterocycles. The van der Waals surface area contributed by atoms with Crippen molar-refractivity contribution in [3.63, 3.8) is 0 Å². The van der Waals surface area contributed by atoms with E-state index in [9.17, 15) is 0 Å². The first-order valence-corrected chi connectivity index (χ1v) is 19.5. The van der Waals surface area contributed by atoms with Gasteiger partial charge in [-0.15, -0.1) is 0 Å². The molecule has 3 nitrogen and oxygen atoms in total. The third-order valence-electron chi connectivity index (χ3n) is 11.7. The summed E-state index contributed by atoms with van der Waals surface area (Å²) < 4.78 is 9.34. The zero-order valence-electron chi connectivity index (χ0n) is 30.9. The minimum absolute atomic E-state index is 0.865. The summed E-state index contributed by atoms with van der Waals surface area (Å²) in [6.45, 7) is 0. The van der Waals surface area contributed by atoms with E-state index in [0.717, 1.165) is 55.6 Å². The van der Waals surface area contributed by atoms with Crippen LogP contribution in [0.25, 0.3) is 92.9 Å². The molecule has 0 unspecified atom stereocenters. The van der Waals surface area contributed by atoms with Crippen LogP contribution in [0, 0.1) is 0 Å². The summed E-state index contributed by atoms with van der Waals surface area (Å²) in [7, 11) is 0. The van der Waals surface area contributed by atoms with Crippen LogP contribution in [0.15, 0.2) is 211 Å². The number of rotatable bonds is 5. The lowest BCUT2D eigenvalue weighted by molar-refractivity contribution is 0.673. The first kappa shape index (κ1) is 31.7. The number of fused-ring (bicyclic) bond motifs is 11. The Morgan fingerprint density at radius 2 is 0.965 bits per heavy atom. The Labute approximate surface area is 328 Å². The maximum atomic E-state index is 6.96. The molecule has 0 amide bonds. The summed E-state index contributed by atoms with van der Waals surface area (Å²) in [5.41, 5.74) is 10.8. The second-order valence-electron chi connectivity index (χ2n) is 14.9. The summed E-state index contributed by atoms with van der Waals surface area (Å²) in [6.07, 6.45) is 0. The first-order chi connectivity index (χ1) is 28.3. The van der Waals surface area contributed by atoms with Crippen molar-refractivity contribution >= 4 is 93.1 Å². The molecule has 0 atom stereocenters. The van der Waals surface area contributed by atoms with Crippen molar-refractivity contribution in [2.24, 2.45) is 0 Å². The standard InChI is InChI=1S/C54H34N2O/c1-2-14-39(15-3-1)56-49-21-9-8-18-47(49)52-43(19-10-22-50(52)56)37-26-30-40(31-27-37)55(41-32-28-38-25-24-35-12-4-6-16-42(35)48(38)34-41)51-23-11-20-45-46-33-29-36-13-5-7-17-44(36)53(46)57-54(45)51/h1-34H. The molecule has 266 valence electrons. The number of furan rings is 1. The normalized spacial score (nSPS) is 11.9. The predicted octanol–water partition coefficient (Wildman–Crippen LogP) is 15.3. The van der Waals surface area contributed by atoms with Crippen molar-refractivity contribution in [3.8, 4) is 16.8 Å². The molecule has 0 bridgehead atoms. The Hall–Kier alpha value is -7.62. The van der Waals surface area contributed by atoms with E-state index in [-0.39, 0.29) is 0 Å². The van der Waals surface area contributed by atoms with Crippen LogP contribution in [0.4, 0.5) is 17.1 Å². The first-order valence-electron chi connectivity index (χ1n) is 19.5. The van der Waals surface area contributed by atoms with Gasteiger partial charge in [-0.2, -0.15) is 0 Å². The van der Waals surface area contributed by atoms with Crippen molar-refractivity contribution in [3.05, 3.63) is 206 Å². The maximum Gasteiger partial charge on any atom is 0.159 e. The number of anilines is 3. The third-order valence-corrected chi connectivity index (χ3v) is 11.7. The Balaban J connectivity index is 1.08. The summed E-state index contributed by atoms with van der Waals surface area (Å²) in [5, 5.41) is 11.9. The predicted molar refractivity (Wildman–Crippen MR) is 241 cm³/mol. The molecule has 12 rings (SSSR count). The van der Waals surface area contributed by atoms with Gasteiger partial charge in [0, 0.05) is 44.0 Å². The lowest BCUT2D eigenvalue weighted by atomic mass is 9.98.